The second-order valence-electron chi connectivity index (χ2n) is 4.95. The van der Waals surface area contributed by atoms with Crippen molar-refractivity contribution in [1.29, 1.82) is 0 Å². The summed E-state index contributed by atoms with van der Waals surface area (Å²) in [5.41, 5.74) is 3.34. The highest BCUT2D eigenvalue weighted by Gasteiger charge is 2.18. The summed E-state index contributed by atoms with van der Waals surface area (Å²) in [6.07, 6.45) is 3.85. The second kappa shape index (κ2) is 5.51. The van der Waals surface area contributed by atoms with Gasteiger partial charge in [-0.3, -0.25) is 9.36 Å². The zero-order valence-corrected chi connectivity index (χ0v) is 11.6. The lowest BCUT2D eigenvalue weighted by Crippen LogP contribution is -2.36. The first-order valence-electron chi connectivity index (χ1n) is 6.87. The minimum atomic E-state index is 0.0293. The Balaban J connectivity index is 2.04. The quantitative estimate of drug-likeness (QED) is 0.841. The predicted molar refractivity (Wildman–Crippen MR) is 79.2 cm³/mol. The number of carbonyl (C=O) groups is 1. The van der Waals surface area contributed by atoms with E-state index in [-0.39, 0.29) is 5.91 Å². The number of hydrogen-bond donors (Lipinski definition) is 0. The molecule has 1 aromatic heterocycles. The van der Waals surface area contributed by atoms with Crippen LogP contribution >= 0.6 is 0 Å². The van der Waals surface area contributed by atoms with Crippen molar-refractivity contribution >= 4 is 11.6 Å². The van der Waals surface area contributed by atoms with Crippen molar-refractivity contribution in [3.8, 4) is 11.1 Å². The largest absolute Gasteiger partial charge is 0.378 e. The summed E-state index contributed by atoms with van der Waals surface area (Å²) in [5, 5.41) is 0. The molecule has 1 aliphatic heterocycles. The third-order valence-electron chi connectivity index (χ3n) is 3.61. The first kappa shape index (κ1) is 12.9. The SMILES string of the molecule is CC(=O)n1cc(-c2ccccc2)c(N2CCOCC2)c1. The number of benzene rings is 1. The molecule has 4 heteroatoms. The van der Waals surface area contributed by atoms with Gasteiger partial charge in [0.1, 0.15) is 0 Å². The monoisotopic (exact) mass is 270 g/mol. The predicted octanol–water partition coefficient (Wildman–Crippen LogP) is 2.65. The molecule has 0 unspecified atom stereocenters. The summed E-state index contributed by atoms with van der Waals surface area (Å²) in [6, 6.07) is 10.2. The molecule has 1 fully saturated rings. The van der Waals surface area contributed by atoms with Gasteiger partial charge in [-0.2, -0.15) is 0 Å². The van der Waals surface area contributed by atoms with Gasteiger partial charge in [-0.25, -0.2) is 0 Å². The van der Waals surface area contributed by atoms with E-state index in [9.17, 15) is 4.79 Å². The van der Waals surface area contributed by atoms with E-state index in [0.717, 1.165) is 43.1 Å². The first-order valence-corrected chi connectivity index (χ1v) is 6.87. The van der Waals surface area contributed by atoms with Crippen LogP contribution in [0.4, 0.5) is 5.69 Å². The Hall–Kier alpha value is -2.07. The average Bonchev–Trinajstić information content (AvgIpc) is 2.94. The van der Waals surface area contributed by atoms with Gasteiger partial charge in [-0.05, 0) is 5.56 Å². The lowest BCUT2D eigenvalue weighted by Gasteiger charge is -2.29. The van der Waals surface area contributed by atoms with Crippen molar-refractivity contribution in [3.63, 3.8) is 0 Å². The van der Waals surface area contributed by atoms with E-state index in [1.807, 2.05) is 30.6 Å². The number of rotatable bonds is 2. The molecule has 1 aromatic carbocycles. The van der Waals surface area contributed by atoms with Gasteiger partial charge in [-0.15, -0.1) is 0 Å². The summed E-state index contributed by atoms with van der Waals surface area (Å²) < 4.78 is 7.07. The fraction of sp³-hybridized carbons (Fsp3) is 0.312. The van der Waals surface area contributed by atoms with Crippen molar-refractivity contribution in [2.24, 2.45) is 0 Å². The zero-order chi connectivity index (χ0) is 13.9. The van der Waals surface area contributed by atoms with Crippen LogP contribution in [0.2, 0.25) is 0 Å². The maximum absolute atomic E-state index is 11.6. The maximum atomic E-state index is 11.6. The van der Waals surface area contributed by atoms with Gasteiger partial charge >= 0.3 is 0 Å². The standard InChI is InChI=1S/C16H18N2O2/c1-13(19)18-11-15(14-5-3-2-4-6-14)16(12-18)17-7-9-20-10-8-17/h2-6,11-12H,7-10H2,1H3. The minimum Gasteiger partial charge on any atom is -0.378 e. The van der Waals surface area contributed by atoms with Crippen molar-refractivity contribution < 1.29 is 9.53 Å². The molecule has 3 rings (SSSR count). The number of carbonyl (C=O) groups excluding carboxylic acids is 1. The zero-order valence-electron chi connectivity index (χ0n) is 11.6. The van der Waals surface area contributed by atoms with Gasteiger partial charge in [-0.1, -0.05) is 30.3 Å². The third kappa shape index (κ3) is 2.47. The number of nitrogens with zero attached hydrogens (tertiary/aromatic N) is 2. The van der Waals surface area contributed by atoms with Crippen LogP contribution in [-0.2, 0) is 4.74 Å². The van der Waals surface area contributed by atoms with Gasteiger partial charge in [0.15, 0.2) is 0 Å². The Bertz CT molecular complexity index is 598. The Kier molecular flexibility index (Phi) is 3.56. The Labute approximate surface area is 118 Å². The second-order valence-corrected chi connectivity index (χ2v) is 4.95. The van der Waals surface area contributed by atoms with Crippen LogP contribution in [0.3, 0.4) is 0 Å². The molecule has 0 bridgehead atoms. The van der Waals surface area contributed by atoms with E-state index in [1.54, 1.807) is 11.5 Å². The molecule has 1 saturated heterocycles. The van der Waals surface area contributed by atoms with E-state index in [1.165, 1.54) is 0 Å². The first-order chi connectivity index (χ1) is 9.75. The lowest BCUT2D eigenvalue weighted by molar-refractivity contribution is 0.0937. The van der Waals surface area contributed by atoms with Crippen molar-refractivity contribution in [2.45, 2.75) is 6.92 Å². The van der Waals surface area contributed by atoms with E-state index in [4.69, 9.17) is 4.74 Å². The topological polar surface area (TPSA) is 34.5 Å². The summed E-state index contributed by atoms with van der Waals surface area (Å²) in [4.78, 5) is 13.9. The van der Waals surface area contributed by atoms with Crippen LogP contribution in [0.25, 0.3) is 11.1 Å². The number of morpholine rings is 1. The van der Waals surface area contributed by atoms with E-state index in [0.29, 0.717) is 0 Å². The maximum Gasteiger partial charge on any atom is 0.227 e. The van der Waals surface area contributed by atoms with Gasteiger partial charge in [0.05, 0.1) is 18.9 Å². The Morgan fingerprint density at radius 2 is 1.80 bits per heavy atom. The molecule has 0 amide bonds. The molecule has 20 heavy (non-hydrogen) atoms. The van der Waals surface area contributed by atoms with Gasteiger partial charge in [0.25, 0.3) is 0 Å². The fourth-order valence-electron chi connectivity index (χ4n) is 2.52. The average molecular weight is 270 g/mol. The smallest absolute Gasteiger partial charge is 0.227 e. The van der Waals surface area contributed by atoms with E-state index < -0.39 is 0 Å². The minimum absolute atomic E-state index is 0.0293. The van der Waals surface area contributed by atoms with Crippen molar-refractivity contribution in [3.05, 3.63) is 42.7 Å². The number of anilines is 1. The molecule has 104 valence electrons. The fourth-order valence-corrected chi connectivity index (χ4v) is 2.52. The molecular weight excluding hydrogens is 252 g/mol. The van der Waals surface area contributed by atoms with Gasteiger partial charge in [0, 0.05) is 38.0 Å². The third-order valence-corrected chi connectivity index (χ3v) is 3.61. The molecule has 4 nitrogen and oxygen atoms in total. The molecule has 0 N–H and O–H groups in total. The highest BCUT2D eigenvalue weighted by atomic mass is 16.5. The summed E-state index contributed by atoms with van der Waals surface area (Å²) >= 11 is 0. The number of ether oxygens (including phenoxy) is 1. The molecule has 2 aromatic rings. The van der Waals surface area contributed by atoms with Crippen LogP contribution in [0.15, 0.2) is 42.7 Å². The molecule has 0 saturated carbocycles. The van der Waals surface area contributed by atoms with Crippen molar-refractivity contribution in [2.75, 3.05) is 31.2 Å². The molecule has 0 radical (unpaired) electrons. The summed E-state index contributed by atoms with van der Waals surface area (Å²) in [5.74, 6) is 0.0293. The lowest BCUT2D eigenvalue weighted by atomic mass is 10.1. The molecule has 0 atom stereocenters. The van der Waals surface area contributed by atoms with Crippen molar-refractivity contribution in [1.82, 2.24) is 4.57 Å². The van der Waals surface area contributed by atoms with Gasteiger partial charge < -0.3 is 9.64 Å². The van der Waals surface area contributed by atoms with E-state index in [2.05, 4.69) is 17.0 Å². The highest BCUT2D eigenvalue weighted by Crippen LogP contribution is 2.32. The van der Waals surface area contributed by atoms with Gasteiger partial charge in [0.2, 0.25) is 5.91 Å². The van der Waals surface area contributed by atoms with E-state index >= 15 is 0 Å². The molecule has 1 aliphatic rings. The highest BCUT2D eigenvalue weighted by molar-refractivity contribution is 5.85. The van der Waals surface area contributed by atoms with Crippen LogP contribution in [0.1, 0.15) is 11.7 Å². The normalized spacial score (nSPS) is 15.3. The number of aromatic nitrogens is 1. The Morgan fingerprint density at radius 1 is 1.10 bits per heavy atom. The van der Waals surface area contributed by atoms with Crippen LogP contribution in [0.5, 0.6) is 0 Å². The molecule has 0 aliphatic carbocycles. The Morgan fingerprint density at radius 3 is 2.45 bits per heavy atom. The van der Waals surface area contributed by atoms with Crippen LogP contribution in [-0.4, -0.2) is 36.8 Å². The molecule has 0 spiro atoms. The summed E-state index contributed by atoms with van der Waals surface area (Å²) in [7, 11) is 0. The summed E-state index contributed by atoms with van der Waals surface area (Å²) in [6.45, 7) is 4.78. The van der Waals surface area contributed by atoms with Crippen LogP contribution < -0.4 is 4.90 Å². The number of hydrogen-bond acceptors (Lipinski definition) is 3. The van der Waals surface area contributed by atoms with Crippen LogP contribution in [0, 0.1) is 0 Å². The molecular formula is C16H18N2O2. The molecule has 2 heterocycles.